The first-order valence-corrected chi connectivity index (χ1v) is 10.8. The maximum absolute atomic E-state index is 12.5. The minimum absolute atomic E-state index is 0.185. The first-order chi connectivity index (χ1) is 12.5. The van der Waals surface area contributed by atoms with E-state index in [9.17, 15) is 4.79 Å². The minimum Gasteiger partial charge on any atom is -0.493 e. The molecule has 0 spiro atoms. The summed E-state index contributed by atoms with van der Waals surface area (Å²) in [5, 5.41) is 6.78. The van der Waals surface area contributed by atoms with Crippen LogP contribution in [0.1, 0.15) is 49.4 Å². The van der Waals surface area contributed by atoms with Gasteiger partial charge in [-0.2, -0.15) is 0 Å². The molecule has 4 bridgehead atoms. The second kappa shape index (κ2) is 7.47. The number of amides is 1. The van der Waals surface area contributed by atoms with E-state index in [2.05, 4.69) is 26.6 Å². The van der Waals surface area contributed by atoms with Gasteiger partial charge >= 0.3 is 0 Å². The molecular formula is C20H25BrN2O2S. The van der Waals surface area contributed by atoms with E-state index in [-0.39, 0.29) is 5.91 Å². The Kier molecular flexibility index (Phi) is 5.24. The number of carbonyl (C=O) groups is 1. The second-order valence-corrected chi connectivity index (χ2v) is 9.22. The Morgan fingerprint density at radius 2 is 1.85 bits per heavy atom. The lowest BCUT2D eigenvalue weighted by Gasteiger charge is -2.54. The van der Waals surface area contributed by atoms with Gasteiger partial charge < -0.3 is 10.1 Å². The van der Waals surface area contributed by atoms with Crippen LogP contribution in [-0.2, 0) is 0 Å². The van der Waals surface area contributed by atoms with Gasteiger partial charge in [-0.15, -0.1) is 0 Å². The molecule has 4 fully saturated rings. The highest BCUT2D eigenvalue weighted by molar-refractivity contribution is 9.10. The van der Waals surface area contributed by atoms with Gasteiger partial charge in [0.05, 0.1) is 11.1 Å². The van der Waals surface area contributed by atoms with Gasteiger partial charge in [-0.3, -0.25) is 10.1 Å². The fourth-order valence-electron chi connectivity index (χ4n) is 5.44. The Morgan fingerprint density at radius 1 is 1.19 bits per heavy atom. The third-order valence-corrected chi connectivity index (χ3v) is 7.09. The van der Waals surface area contributed by atoms with Gasteiger partial charge in [0, 0.05) is 11.6 Å². The molecular weight excluding hydrogens is 412 g/mol. The van der Waals surface area contributed by atoms with Crippen molar-refractivity contribution >= 4 is 39.2 Å². The van der Waals surface area contributed by atoms with Crippen LogP contribution in [-0.4, -0.2) is 23.7 Å². The topological polar surface area (TPSA) is 50.4 Å². The Hall–Kier alpha value is -1.14. The van der Waals surface area contributed by atoms with E-state index in [1.54, 1.807) is 18.2 Å². The summed E-state index contributed by atoms with van der Waals surface area (Å²) >= 11 is 8.90. The average molecular weight is 437 g/mol. The molecule has 4 saturated carbocycles. The fraction of sp³-hybridized carbons (Fsp3) is 0.600. The van der Waals surface area contributed by atoms with E-state index in [0.29, 0.717) is 23.3 Å². The van der Waals surface area contributed by atoms with E-state index in [1.807, 2.05) is 6.92 Å². The molecule has 1 aromatic carbocycles. The lowest BCUT2D eigenvalue weighted by molar-refractivity contribution is -0.00692. The lowest BCUT2D eigenvalue weighted by Crippen LogP contribution is -2.57. The summed E-state index contributed by atoms with van der Waals surface area (Å²) in [6.45, 7) is 2.52. The molecule has 2 N–H and O–H groups in total. The van der Waals surface area contributed by atoms with E-state index in [4.69, 9.17) is 17.0 Å². The molecule has 1 aromatic rings. The van der Waals surface area contributed by atoms with Gasteiger partial charge in [0.25, 0.3) is 5.91 Å². The standard InChI is InChI=1S/C20H25BrN2O2S/c1-2-25-17-4-3-13(10-16(17)21)19(24)23-20(26)22-18-14-6-11-5-12(8-14)9-15(18)7-11/h3-4,10-12,14-15,18H,2,5-9H2,1H3,(H2,22,23,24,26). The monoisotopic (exact) mass is 436 g/mol. The predicted molar refractivity (Wildman–Crippen MR) is 109 cm³/mol. The number of nitrogens with one attached hydrogen (secondary N) is 2. The van der Waals surface area contributed by atoms with Crippen molar-refractivity contribution in [3.63, 3.8) is 0 Å². The minimum atomic E-state index is -0.185. The van der Waals surface area contributed by atoms with Crippen LogP contribution >= 0.6 is 28.1 Å². The number of ether oxygens (including phenoxy) is 1. The molecule has 26 heavy (non-hydrogen) atoms. The van der Waals surface area contributed by atoms with Gasteiger partial charge in [-0.05, 0) is 109 Å². The van der Waals surface area contributed by atoms with Crippen molar-refractivity contribution in [2.24, 2.45) is 23.7 Å². The number of hydrogen-bond acceptors (Lipinski definition) is 3. The quantitative estimate of drug-likeness (QED) is 0.691. The van der Waals surface area contributed by atoms with E-state index in [0.717, 1.165) is 33.9 Å². The van der Waals surface area contributed by atoms with Crippen molar-refractivity contribution in [3.8, 4) is 5.75 Å². The lowest BCUT2D eigenvalue weighted by atomic mass is 9.54. The van der Waals surface area contributed by atoms with Crippen molar-refractivity contribution in [1.82, 2.24) is 10.6 Å². The number of halogens is 1. The normalized spacial score (nSPS) is 31.5. The highest BCUT2D eigenvalue weighted by Gasteiger charge is 2.48. The number of rotatable bonds is 4. The van der Waals surface area contributed by atoms with E-state index >= 15 is 0 Å². The summed E-state index contributed by atoms with van der Waals surface area (Å²) in [4.78, 5) is 12.5. The molecule has 0 aliphatic heterocycles. The Labute approximate surface area is 168 Å². The Balaban J connectivity index is 1.36. The van der Waals surface area contributed by atoms with E-state index in [1.165, 1.54) is 32.1 Å². The number of benzene rings is 1. The summed E-state index contributed by atoms with van der Waals surface area (Å²) in [6.07, 6.45) is 6.74. The maximum Gasteiger partial charge on any atom is 0.257 e. The molecule has 4 nitrogen and oxygen atoms in total. The molecule has 0 atom stereocenters. The van der Waals surface area contributed by atoms with Gasteiger partial charge in [-0.1, -0.05) is 0 Å². The number of thiocarbonyl (C=S) groups is 1. The third-order valence-electron chi connectivity index (χ3n) is 6.25. The smallest absolute Gasteiger partial charge is 0.257 e. The van der Waals surface area contributed by atoms with Crippen LogP contribution in [0.5, 0.6) is 5.75 Å². The van der Waals surface area contributed by atoms with Crippen molar-refractivity contribution in [2.45, 2.75) is 45.1 Å². The predicted octanol–water partition coefficient (Wildman–Crippen LogP) is 4.28. The van der Waals surface area contributed by atoms with E-state index < -0.39 is 0 Å². The second-order valence-electron chi connectivity index (χ2n) is 7.96. The Morgan fingerprint density at radius 3 is 2.42 bits per heavy atom. The number of carbonyl (C=O) groups excluding carboxylic acids is 1. The molecule has 4 aliphatic carbocycles. The van der Waals surface area contributed by atoms with Gasteiger partial charge in [0.1, 0.15) is 5.75 Å². The molecule has 0 heterocycles. The molecule has 0 saturated heterocycles. The average Bonchev–Trinajstić information content (AvgIpc) is 2.59. The van der Waals surface area contributed by atoms with Crippen LogP contribution in [0.3, 0.4) is 0 Å². The molecule has 4 aliphatic rings. The SMILES string of the molecule is CCOc1ccc(C(=O)NC(=S)NC2C3CC4CC(C3)CC2C4)cc1Br. The first kappa shape index (κ1) is 18.2. The van der Waals surface area contributed by atoms with Crippen LogP contribution in [0.4, 0.5) is 0 Å². The van der Waals surface area contributed by atoms with Crippen molar-refractivity contribution in [3.05, 3.63) is 28.2 Å². The molecule has 5 rings (SSSR count). The molecule has 140 valence electrons. The first-order valence-electron chi connectivity index (χ1n) is 9.57. The van der Waals surface area contributed by atoms with Gasteiger partial charge in [0.2, 0.25) is 0 Å². The highest BCUT2D eigenvalue weighted by Crippen LogP contribution is 2.53. The molecule has 0 radical (unpaired) electrons. The van der Waals surface area contributed by atoms with Crippen molar-refractivity contribution < 1.29 is 9.53 Å². The summed E-state index contributed by atoms with van der Waals surface area (Å²) in [6, 6.07) is 5.77. The third kappa shape index (κ3) is 3.63. The number of hydrogen-bond donors (Lipinski definition) is 2. The maximum atomic E-state index is 12.5. The largest absolute Gasteiger partial charge is 0.493 e. The van der Waals surface area contributed by atoms with Crippen LogP contribution in [0.15, 0.2) is 22.7 Å². The zero-order valence-electron chi connectivity index (χ0n) is 15.0. The Bertz CT molecular complexity index is 696. The molecule has 1 amide bonds. The van der Waals surface area contributed by atoms with Crippen molar-refractivity contribution in [2.75, 3.05) is 6.61 Å². The van der Waals surface area contributed by atoms with Crippen LogP contribution in [0.25, 0.3) is 0 Å². The summed E-state index contributed by atoms with van der Waals surface area (Å²) in [7, 11) is 0. The summed E-state index contributed by atoms with van der Waals surface area (Å²) in [5.41, 5.74) is 0.564. The zero-order valence-corrected chi connectivity index (χ0v) is 17.4. The zero-order chi connectivity index (χ0) is 18.3. The molecule has 6 heteroatoms. The van der Waals surface area contributed by atoms with Gasteiger partial charge in [0.15, 0.2) is 5.11 Å². The molecule has 0 aromatic heterocycles. The highest BCUT2D eigenvalue weighted by atomic mass is 79.9. The van der Waals surface area contributed by atoms with Crippen molar-refractivity contribution in [1.29, 1.82) is 0 Å². The van der Waals surface area contributed by atoms with Crippen LogP contribution < -0.4 is 15.4 Å². The fourth-order valence-corrected chi connectivity index (χ4v) is 6.16. The van der Waals surface area contributed by atoms with Crippen LogP contribution in [0, 0.1) is 23.7 Å². The van der Waals surface area contributed by atoms with Crippen LogP contribution in [0.2, 0.25) is 0 Å². The van der Waals surface area contributed by atoms with Gasteiger partial charge in [-0.25, -0.2) is 0 Å². The molecule has 0 unspecified atom stereocenters. The summed E-state index contributed by atoms with van der Waals surface area (Å²) < 4.78 is 6.26. The summed E-state index contributed by atoms with van der Waals surface area (Å²) in [5.74, 6) is 3.86.